The summed E-state index contributed by atoms with van der Waals surface area (Å²) in [5.41, 5.74) is 0.452. The molecule has 132 valence electrons. The van der Waals surface area contributed by atoms with Gasteiger partial charge in [0, 0.05) is 16.7 Å². The van der Waals surface area contributed by atoms with Crippen LogP contribution in [-0.4, -0.2) is 12.5 Å². The molecule has 1 heterocycles. The van der Waals surface area contributed by atoms with Gasteiger partial charge in [-0.1, -0.05) is 47.5 Å². The van der Waals surface area contributed by atoms with Crippen molar-refractivity contribution in [3.8, 4) is 0 Å². The average Bonchev–Trinajstić information content (AvgIpc) is 2.91. The minimum Gasteiger partial charge on any atom is -0.312 e. The first kappa shape index (κ1) is 18.0. The van der Waals surface area contributed by atoms with E-state index in [2.05, 4.69) is 15.9 Å². The number of benzene rings is 2. The van der Waals surface area contributed by atoms with Crippen LogP contribution in [0.15, 0.2) is 53.0 Å². The molecule has 0 aromatic heterocycles. The van der Waals surface area contributed by atoms with Crippen molar-refractivity contribution < 1.29 is 18.0 Å². The van der Waals surface area contributed by atoms with Crippen molar-refractivity contribution in [1.29, 1.82) is 0 Å². The molecular weight excluding hydrogens is 395 g/mol. The van der Waals surface area contributed by atoms with Gasteiger partial charge in [-0.05, 0) is 41.8 Å². The maximum Gasteiger partial charge on any atom is 0.416 e. The summed E-state index contributed by atoms with van der Waals surface area (Å²) in [4.78, 5) is 14.5. The van der Waals surface area contributed by atoms with Gasteiger partial charge in [-0.2, -0.15) is 13.2 Å². The Balaban J connectivity index is 1.96. The van der Waals surface area contributed by atoms with Crippen LogP contribution < -0.4 is 4.90 Å². The highest BCUT2D eigenvalue weighted by Crippen LogP contribution is 2.40. The van der Waals surface area contributed by atoms with Crippen molar-refractivity contribution in [2.75, 3.05) is 11.4 Å². The SMILES string of the molecule is CCC1CN(c2cccc(C(F)(F)F)c2)C(=O)C1c1cccc(Br)c1. The van der Waals surface area contributed by atoms with Gasteiger partial charge in [0.15, 0.2) is 0 Å². The summed E-state index contributed by atoms with van der Waals surface area (Å²) in [5, 5.41) is 0. The normalized spacial score (nSPS) is 21.0. The van der Waals surface area contributed by atoms with Gasteiger partial charge in [-0.25, -0.2) is 0 Å². The highest BCUT2D eigenvalue weighted by molar-refractivity contribution is 9.10. The van der Waals surface area contributed by atoms with E-state index in [0.29, 0.717) is 12.2 Å². The van der Waals surface area contributed by atoms with E-state index < -0.39 is 11.7 Å². The number of alkyl halides is 3. The molecule has 1 saturated heterocycles. The molecule has 1 aliphatic heterocycles. The van der Waals surface area contributed by atoms with Crippen molar-refractivity contribution in [2.45, 2.75) is 25.4 Å². The second-order valence-corrected chi connectivity index (χ2v) is 7.11. The molecular formula is C19H17BrF3NO. The first-order valence-electron chi connectivity index (χ1n) is 8.05. The summed E-state index contributed by atoms with van der Waals surface area (Å²) in [7, 11) is 0. The predicted octanol–water partition coefficient (Wildman–Crippen LogP) is 5.62. The van der Waals surface area contributed by atoms with Gasteiger partial charge in [0.25, 0.3) is 0 Å². The lowest BCUT2D eigenvalue weighted by molar-refractivity contribution is -0.137. The van der Waals surface area contributed by atoms with Crippen LogP contribution in [0.4, 0.5) is 18.9 Å². The van der Waals surface area contributed by atoms with Crippen molar-refractivity contribution in [1.82, 2.24) is 0 Å². The number of rotatable bonds is 3. The largest absolute Gasteiger partial charge is 0.416 e. The van der Waals surface area contributed by atoms with E-state index in [1.165, 1.54) is 11.0 Å². The molecule has 2 aromatic rings. The molecule has 2 atom stereocenters. The maximum atomic E-state index is 13.0. The minimum atomic E-state index is -4.42. The lowest BCUT2D eigenvalue weighted by Gasteiger charge is -2.18. The Morgan fingerprint density at radius 3 is 2.52 bits per heavy atom. The number of halogens is 4. The van der Waals surface area contributed by atoms with Crippen LogP contribution in [0.1, 0.15) is 30.4 Å². The molecule has 3 rings (SSSR count). The molecule has 0 N–H and O–H groups in total. The summed E-state index contributed by atoms with van der Waals surface area (Å²) in [6, 6.07) is 12.5. The predicted molar refractivity (Wildman–Crippen MR) is 94.5 cm³/mol. The second kappa shape index (κ2) is 6.83. The average molecular weight is 412 g/mol. The molecule has 25 heavy (non-hydrogen) atoms. The van der Waals surface area contributed by atoms with E-state index in [1.54, 1.807) is 6.07 Å². The number of carbonyl (C=O) groups excluding carboxylic acids is 1. The summed E-state index contributed by atoms with van der Waals surface area (Å²) < 4.78 is 39.8. The third-order valence-electron chi connectivity index (χ3n) is 4.64. The molecule has 0 radical (unpaired) electrons. The van der Waals surface area contributed by atoms with E-state index >= 15 is 0 Å². The zero-order valence-electron chi connectivity index (χ0n) is 13.6. The van der Waals surface area contributed by atoms with E-state index in [0.717, 1.165) is 28.6 Å². The van der Waals surface area contributed by atoms with Crippen LogP contribution in [0.25, 0.3) is 0 Å². The molecule has 1 amide bonds. The van der Waals surface area contributed by atoms with Crippen LogP contribution in [-0.2, 0) is 11.0 Å². The zero-order valence-corrected chi connectivity index (χ0v) is 15.1. The maximum absolute atomic E-state index is 13.0. The van der Waals surface area contributed by atoms with Crippen molar-refractivity contribution in [2.24, 2.45) is 5.92 Å². The van der Waals surface area contributed by atoms with Gasteiger partial charge in [-0.3, -0.25) is 4.79 Å². The number of anilines is 1. The molecule has 6 heteroatoms. The van der Waals surface area contributed by atoms with E-state index in [9.17, 15) is 18.0 Å². The summed E-state index contributed by atoms with van der Waals surface area (Å²) in [6.45, 7) is 2.42. The minimum absolute atomic E-state index is 0.0661. The molecule has 0 saturated carbocycles. The topological polar surface area (TPSA) is 20.3 Å². The molecule has 0 bridgehead atoms. The lowest BCUT2D eigenvalue weighted by Crippen LogP contribution is -2.26. The Labute approximate surface area is 152 Å². The third kappa shape index (κ3) is 3.59. The fourth-order valence-corrected chi connectivity index (χ4v) is 3.78. The molecule has 2 unspecified atom stereocenters. The van der Waals surface area contributed by atoms with Gasteiger partial charge in [-0.15, -0.1) is 0 Å². The van der Waals surface area contributed by atoms with E-state index in [-0.39, 0.29) is 17.7 Å². The summed E-state index contributed by atoms with van der Waals surface area (Å²) in [5.74, 6) is -0.419. The van der Waals surface area contributed by atoms with Crippen LogP contribution in [0, 0.1) is 5.92 Å². The first-order valence-corrected chi connectivity index (χ1v) is 8.84. The first-order chi connectivity index (χ1) is 11.8. The number of amides is 1. The van der Waals surface area contributed by atoms with Gasteiger partial charge in [0.05, 0.1) is 11.5 Å². The Morgan fingerprint density at radius 1 is 1.16 bits per heavy atom. The van der Waals surface area contributed by atoms with Gasteiger partial charge in [0.1, 0.15) is 0 Å². The lowest BCUT2D eigenvalue weighted by atomic mass is 9.87. The molecule has 1 fully saturated rings. The standard InChI is InChI=1S/C19H17BrF3NO/c1-2-12-11-24(16-8-4-6-14(10-16)19(21,22)23)18(25)17(12)13-5-3-7-15(20)9-13/h3-10,12,17H,2,11H2,1H3. The monoisotopic (exact) mass is 411 g/mol. The molecule has 2 aromatic carbocycles. The summed E-state index contributed by atoms with van der Waals surface area (Å²) >= 11 is 3.41. The van der Waals surface area contributed by atoms with Gasteiger partial charge < -0.3 is 4.90 Å². The van der Waals surface area contributed by atoms with Crippen LogP contribution in [0.3, 0.4) is 0 Å². The highest BCUT2D eigenvalue weighted by Gasteiger charge is 2.41. The number of nitrogens with zero attached hydrogens (tertiary/aromatic N) is 1. The van der Waals surface area contributed by atoms with Crippen LogP contribution >= 0.6 is 15.9 Å². The van der Waals surface area contributed by atoms with E-state index in [4.69, 9.17) is 0 Å². The fraction of sp³-hybridized carbons (Fsp3) is 0.316. The van der Waals surface area contributed by atoms with Gasteiger partial charge >= 0.3 is 6.18 Å². The molecule has 0 aliphatic carbocycles. The zero-order chi connectivity index (χ0) is 18.2. The Kier molecular flexibility index (Phi) is 4.91. The molecule has 0 spiro atoms. The fourth-order valence-electron chi connectivity index (χ4n) is 3.36. The number of carbonyl (C=O) groups is 1. The van der Waals surface area contributed by atoms with Crippen LogP contribution in [0.5, 0.6) is 0 Å². The molecule has 2 nitrogen and oxygen atoms in total. The van der Waals surface area contributed by atoms with Crippen molar-refractivity contribution in [3.63, 3.8) is 0 Å². The second-order valence-electron chi connectivity index (χ2n) is 6.20. The van der Waals surface area contributed by atoms with Crippen molar-refractivity contribution >= 4 is 27.5 Å². The number of hydrogen-bond acceptors (Lipinski definition) is 1. The Hall–Kier alpha value is -1.82. The highest BCUT2D eigenvalue weighted by atomic mass is 79.9. The molecule has 1 aliphatic rings. The quantitative estimate of drug-likeness (QED) is 0.641. The third-order valence-corrected chi connectivity index (χ3v) is 5.13. The van der Waals surface area contributed by atoms with Crippen molar-refractivity contribution in [3.05, 3.63) is 64.1 Å². The van der Waals surface area contributed by atoms with Gasteiger partial charge in [0.2, 0.25) is 5.91 Å². The Bertz CT molecular complexity index is 790. The Morgan fingerprint density at radius 2 is 1.88 bits per heavy atom. The number of hydrogen-bond donors (Lipinski definition) is 0. The smallest absolute Gasteiger partial charge is 0.312 e. The van der Waals surface area contributed by atoms with Crippen LogP contribution in [0.2, 0.25) is 0 Å². The van der Waals surface area contributed by atoms with E-state index in [1.807, 2.05) is 31.2 Å². The summed E-state index contributed by atoms with van der Waals surface area (Å²) in [6.07, 6.45) is -3.65.